The number of hydrogen-bond donors (Lipinski definition) is 3. The number of methoxy groups -OCH3 is 1. The van der Waals surface area contributed by atoms with Crippen LogP contribution in [0, 0.1) is 57.3 Å². The molecule has 0 atom stereocenters. The van der Waals surface area contributed by atoms with Crippen molar-refractivity contribution in [3.63, 3.8) is 0 Å². The van der Waals surface area contributed by atoms with Gasteiger partial charge in [0, 0.05) is 67.0 Å². The Bertz CT molecular complexity index is 2130. The van der Waals surface area contributed by atoms with E-state index in [2.05, 4.69) is 90.8 Å². The Labute approximate surface area is 333 Å². The minimum atomic E-state index is -3.64. The number of aromatic nitrogens is 4. The van der Waals surface area contributed by atoms with E-state index in [1.165, 1.54) is 12.1 Å². The van der Waals surface area contributed by atoms with Crippen LogP contribution in [-0.4, -0.2) is 65.8 Å². The molecule has 0 aliphatic heterocycles. The molecular weight excluding hydrogens is 734 g/mol. The third kappa shape index (κ3) is 16.0. The molecule has 0 aliphatic rings. The summed E-state index contributed by atoms with van der Waals surface area (Å²) in [6, 6.07) is 6.47. The van der Waals surface area contributed by atoms with Gasteiger partial charge in [0.15, 0.2) is 0 Å². The number of ether oxygens (including phenoxy) is 1. The number of benzene rings is 1. The number of pyridine rings is 1. The van der Waals surface area contributed by atoms with Crippen LogP contribution >= 0.6 is 11.6 Å². The number of nitrogens with two attached hydrogens (primary N) is 1. The first-order valence-electron chi connectivity index (χ1n) is 17.9. The molecule has 0 radical (unpaired) electrons. The Morgan fingerprint density at radius 3 is 2.09 bits per heavy atom. The smallest absolute Gasteiger partial charge is 0.297 e. The molecule has 0 aliphatic carbocycles. The summed E-state index contributed by atoms with van der Waals surface area (Å²) in [6.45, 7) is 20.9. The molecule has 4 rings (SSSR count). The normalized spacial score (nSPS) is 11.2. The molecule has 1 aromatic carbocycles. The highest BCUT2D eigenvalue weighted by atomic mass is 35.5. The van der Waals surface area contributed by atoms with E-state index in [1.807, 2.05) is 37.7 Å². The predicted molar refractivity (Wildman–Crippen MR) is 225 cm³/mol. The van der Waals surface area contributed by atoms with Crippen LogP contribution in [0.1, 0.15) is 88.8 Å². The van der Waals surface area contributed by atoms with E-state index in [0.29, 0.717) is 29.2 Å². The Kier molecular flexibility index (Phi) is 18.2. The number of nitrogen functional groups attached to an aromatic ring is 1. The van der Waals surface area contributed by atoms with Crippen molar-refractivity contribution in [1.82, 2.24) is 30.2 Å². The highest BCUT2D eigenvalue weighted by Crippen LogP contribution is 2.29. The molecule has 0 bridgehead atoms. The van der Waals surface area contributed by atoms with Crippen LogP contribution in [0.25, 0.3) is 11.0 Å². The van der Waals surface area contributed by atoms with Crippen molar-refractivity contribution in [3.8, 4) is 42.3 Å². The topological polar surface area (TPSA) is 146 Å². The van der Waals surface area contributed by atoms with Crippen LogP contribution in [0.5, 0.6) is 5.75 Å². The summed E-state index contributed by atoms with van der Waals surface area (Å²) in [7, 11) is -1.98. The summed E-state index contributed by atoms with van der Waals surface area (Å²) >= 11 is 6.42. The Morgan fingerprint density at radius 2 is 1.53 bits per heavy atom. The molecule has 4 aromatic rings. The zero-order valence-corrected chi connectivity index (χ0v) is 35.4. The fourth-order valence-corrected chi connectivity index (χ4v) is 6.10. The first-order chi connectivity index (χ1) is 25.7. The van der Waals surface area contributed by atoms with Crippen LogP contribution in [0.4, 0.5) is 5.95 Å². The summed E-state index contributed by atoms with van der Waals surface area (Å²) in [6.07, 6.45) is 15.6. The lowest BCUT2D eigenvalue weighted by molar-refractivity contribution is 0.327. The van der Waals surface area contributed by atoms with E-state index in [0.717, 1.165) is 53.2 Å². The minimum Gasteiger partial charge on any atom is -0.496 e. The van der Waals surface area contributed by atoms with Gasteiger partial charge >= 0.3 is 0 Å². The Morgan fingerprint density at radius 1 is 0.927 bits per heavy atom. The maximum atomic E-state index is 11.5. The predicted octanol–water partition coefficient (Wildman–Crippen LogP) is 6.99. The highest BCUT2D eigenvalue weighted by Gasteiger charge is 2.18. The molecule has 55 heavy (non-hydrogen) atoms. The van der Waals surface area contributed by atoms with Gasteiger partial charge in [0.05, 0.1) is 41.8 Å². The van der Waals surface area contributed by atoms with Crippen molar-refractivity contribution >= 4 is 38.7 Å². The summed E-state index contributed by atoms with van der Waals surface area (Å²) in [5, 5.41) is 7.70. The molecule has 4 N–H and O–H groups in total. The quantitative estimate of drug-likeness (QED) is 0.0630. The number of rotatable bonds is 11. The molecule has 11 nitrogen and oxygen atoms in total. The van der Waals surface area contributed by atoms with Gasteiger partial charge in [0.1, 0.15) is 16.5 Å². The average Bonchev–Trinajstić information content (AvgIpc) is 3.43. The van der Waals surface area contributed by atoms with Crippen LogP contribution in [0.15, 0.2) is 41.6 Å². The van der Waals surface area contributed by atoms with E-state index in [9.17, 15) is 8.42 Å². The lowest BCUT2D eigenvalue weighted by atomic mass is 10.1. The highest BCUT2D eigenvalue weighted by molar-refractivity contribution is 7.86. The molecule has 0 saturated carbocycles. The Hall–Kier alpha value is -4.61. The largest absolute Gasteiger partial charge is 0.496 e. The number of terminal acetylenes is 2. The zero-order valence-electron chi connectivity index (χ0n) is 33.9. The van der Waals surface area contributed by atoms with Gasteiger partial charge < -0.3 is 25.7 Å². The molecule has 13 heteroatoms. The van der Waals surface area contributed by atoms with Gasteiger partial charge in [-0.15, -0.1) is 24.7 Å². The summed E-state index contributed by atoms with van der Waals surface area (Å²) < 4.78 is 35.3. The van der Waals surface area contributed by atoms with Gasteiger partial charge in [-0.25, -0.2) is 4.98 Å². The fraction of sp³-hybridized carbons (Fsp3) is 0.452. The molecule has 0 spiro atoms. The van der Waals surface area contributed by atoms with Crippen LogP contribution in [0.3, 0.4) is 0 Å². The van der Waals surface area contributed by atoms with Crippen molar-refractivity contribution < 1.29 is 17.3 Å². The van der Waals surface area contributed by atoms with Gasteiger partial charge in [0.2, 0.25) is 5.95 Å². The number of nitrogens with one attached hydrogen (secondary N) is 2. The second-order valence-corrected chi connectivity index (χ2v) is 16.7. The lowest BCUT2D eigenvalue weighted by Gasteiger charge is -2.19. The van der Waals surface area contributed by atoms with E-state index < -0.39 is 10.1 Å². The summed E-state index contributed by atoms with van der Waals surface area (Å²) in [5.41, 5.74) is 11.4. The summed E-state index contributed by atoms with van der Waals surface area (Å²) in [5.74, 6) is 12.3. The number of hydrogen-bond acceptors (Lipinski definition) is 10. The number of fused-ring (bicyclic) bond motifs is 1. The molecule has 3 aromatic heterocycles. The standard InChI is InChI=1S/C23H29ClN6O.C11H12O3S.C8H15N/c1-14-11-26-17(15(2)19(14)31-6)13-30-12-16(9-7-8-10-27-23(3,4)5)18-20(24)28-22(25)29-21(18)30;1-3-4-9-14-15(12,13)11-7-5-10(2)6-8-11;1-5-6-7-9-8(2,3)4/h11-12,27H,8,10,13H2,1-6H3,(H2,25,28,29);1,5-8H,4,9H2,2H3;1,9H,6-7H2,2-4H3. The third-order valence-electron chi connectivity index (χ3n) is 7.61. The van der Waals surface area contributed by atoms with Crippen LogP contribution in [-0.2, 0) is 20.8 Å². The van der Waals surface area contributed by atoms with E-state index in [-0.39, 0.29) is 34.9 Å². The van der Waals surface area contributed by atoms with E-state index >= 15 is 0 Å². The van der Waals surface area contributed by atoms with Gasteiger partial charge in [-0.05, 0) is 74.4 Å². The van der Waals surface area contributed by atoms with Crippen LogP contribution < -0.4 is 21.1 Å². The second-order valence-electron chi connectivity index (χ2n) is 14.7. The van der Waals surface area contributed by atoms with Crippen molar-refractivity contribution in [3.05, 3.63) is 69.8 Å². The molecule has 0 fully saturated rings. The minimum absolute atomic E-state index is 0.0205. The van der Waals surface area contributed by atoms with Crippen molar-refractivity contribution in [2.75, 3.05) is 32.5 Å². The van der Waals surface area contributed by atoms with Gasteiger partial charge in [-0.2, -0.15) is 13.4 Å². The number of aryl methyl sites for hydroxylation is 2. The van der Waals surface area contributed by atoms with Gasteiger partial charge in [0.25, 0.3) is 10.1 Å². The monoisotopic (exact) mass is 789 g/mol. The van der Waals surface area contributed by atoms with Gasteiger partial charge in [-0.1, -0.05) is 41.1 Å². The van der Waals surface area contributed by atoms with Crippen molar-refractivity contribution in [1.29, 1.82) is 0 Å². The lowest BCUT2D eigenvalue weighted by Crippen LogP contribution is -2.36. The fourth-order valence-electron chi connectivity index (χ4n) is 4.92. The molecule has 0 saturated heterocycles. The van der Waals surface area contributed by atoms with Crippen LogP contribution in [0.2, 0.25) is 5.15 Å². The molecule has 296 valence electrons. The third-order valence-corrected chi connectivity index (χ3v) is 9.21. The summed E-state index contributed by atoms with van der Waals surface area (Å²) in [4.78, 5) is 13.3. The second kappa shape index (κ2) is 21.5. The molecule has 3 heterocycles. The first kappa shape index (κ1) is 46.5. The van der Waals surface area contributed by atoms with E-state index in [1.54, 1.807) is 19.2 Å². The zero-order chi connectivity index (χ0) is 41.4. The number of nitrogens with zero attached hydrogens (tertiary/aromatic N) is 4. The van der Waals surface area contributed by atoms with Crippen molar-refractivity contribution in [2.24, 2.45) is 0 Å². The maximum absolute atomic E-state index is 11.5. The first-order valence-corrected chi connectivity index (χ1v) is 19.6. The average molecular weight is 790 g/mol. The SMILES string of the molecule is C#CCCNC(C)(C)C.C#CCCOS(=O)(=O)c1ccc(C)cc1.COc1c(C)cnc(Cn2cc(C#CCCNC(C)(C)C)c3c(Cl)nc(N)nc32)c1C. The number of halogens is 1. The molecule has 0 amide bonds. The maximum Gasteiger partial charge on any atom is 0.297 e. The van der Waals surface area contributed by atoms with Gasteiger partial charge in [-0.3, -0.25) is 9.17 Å². The molecular formula is C42H56ClN7O4S. The van der Waals surface area contributed by atoms with E-state index in [4.69, 9.17) is 39.1 Å². The number of anilines is 1. The molecule has 0 unspecified atom stereocenters. The van der Waals surface area contributed by atoms with Crippen molar-refractivity contribution in [2.45, 2.75) is 104 Å². The Balaban J connectivity index is 0.000000359.